The number of hydrogen-bond acceptors (Lipinski definition) is 7. The molecule has 10 nitrogen and oxygen atoms in total. The number of pyridine rings is 1. The van der Waals surface area contributed by atoms with Crippen LogP contribution in [0.4, 0.5) is 5.69 Å². The Kier molecular flexibility index (Phi) is 10.7. The molecule has 0 fully saturated rings. The molecule has 1 heterocycles. The van der Waals surface area contributed by atoms with Crippen molar-refractivity contribution >= 4 is 50.6 Å². The molecule has 0 aliphatic carbocycles. The van der Waals surface area contributed by atoms with Gasteiger partial charge in [0, 0.05) is 47.4 Å². The molecule has 226 valence electrons. The summed E-state index contributed by atoms with van der Waals surface area (Å²) in [5, 5.41) is 22.8. The van der Waals surface area contributed by atoms with Crippen molar-refractivity contribution in [1.82, 2.24) is 4.57 Å². The number of nitrogens with one attached hydrogen (secondary N) is 1. The zero-order valence-electron chi connectivity index (χ0n) is 25.1. The Bertz CT molecular complexity index is 1560. The van der Waals surface area contributed by atoms with Crippen LogP contribution in [-0.4, -0.2) is 65.9 Å². The van der Waals surface area contributed by atoms with Gasteiger partial charge in [0.1, 0.15) is 17.4 Å². The molecule has 1 amide bonds. The van der Waals surface area contributed by atoms with Gasteiger partial charge in [0.15, 0.2) is 21.5 Å². The number of carbonyl (C=O) groups is 3. The molecule has 0 saturated carbocycles. The van der Waals surface area contributed by atoms with Crippen molar-refractivity contribution in [2.75, 3.05) is 11.9 Å². The van der Waals surface area contributed by atoms with Crippen molar-refractivity contribution < 1.29 is 34.1 Å². The van der Waals surface area contributed by atoms with Crippen LogP contribution in [0.3, 0.4) is 0 Å². The zero-order chi connectivity index (χ0) is 32.1. The standard InChI is InChI=1S/C30H35B2ClN2O8/c1-5-24(36)20-11-8-18(33)14-21(20)22-15-26(37)35(16-25(22)43-30(31,32)41)23(12-13-42-29(2,3)4)27(38)34-19-9-6-17(7-10-19)28(39)40/h6-11,14-16,23,41H,5,12-13,31-32H2,1-4H3,(H,34,38)(H,39,40). The third-order valence-corrected chi connectivity index (χ3v) is 6.50. The summed E-state index contributed by atoms with van der Waals surface area (Å²) in [5.74, 6) is -1.81. The van der Waals surface area contributed by atoms with Gasteiger partial charge in [-0.15, -0.1) is 0 Å². The minimum Gasteiger partial charge on any atom is -0.478 e. The van der Waals surface area contributed by atoms with Crippen molar-refractivity contribution in [2.24, 2.45) is 0 Å². The van der Waals surface area contributed by atoms with E-state index in [1.807, 2.05) is 20.8 Å². The highest BCUT2D eigenvalue weighted by Gasteiger charge is 2.27. The number of hydrogen-bond donors (Lipinski definition) is 3. The number of aliphatic hydroxyl groups is 1. The molecule has 0 aliphatic heterocycles. The highest BCUT2D eigenvalue weighted by Crippen LogP contribution is 2.35. The molecule has 0 radical (unpaired) electrons. The summed E-state index contributed by atoms with van der Waals surface area (Å²) in [6.07, 6.45) is 1.62. The second kappa shape index (κ2) is 13.6. The lowest BCUT2D eigenvalue weighted by Crippen LogP contribution is -2.38. The largest absolute Gasteiger partial charge is 0.478 e. The topological polar surface area (TPSA) is 144 Å². The molecular weight excluding hydrogens is 573 g/mol. The van der Waals surface area contributed by atoms with E-state index < -0.39 is 34.7 Å². The number of carboxylic acids is 1. The lowest BCUT2D eigenvalue weighted by Gasteiger charge is -2.27. The fourth-order valence-electron chi connectivity index (χ4n) is 4.30. The molecule has 13 heteroatoms. The van der Waals surface area contributed by atoms with Gasteiger partial charge in [-0.2, -0.15) is 0 Å². The highest BCUT2D eigenvalue weighted by atomic mass is 35.5. The quantitative estimate of drug-likeness (QED) is 0.162. The number of carbonyl (C=O) groups excluding carboxylic acids is 2. The molecular formula is C30H35B2ClN2O8. The Morgan fingerprint density at radius 1 is 1.05 bits per heavy atom. The van der Waals surface area contributed by atoms with Crippen LogP contribution in [0, 0.1) is 0 Å². The van der Waals surface area contributed by atoms with Gasteiger partial charge in [-0.25, -0.2) is 4.79 Å². The van der Waals surface area contributed by atoms with E-state index in [0.29, 0.717) is 21.8 Å². The van der Waals surface area contributed by atoms with Crippen LogP contribution < -0.4 is 15.6 Å². The minimum atomic E-state index is -1.69. The van der Waals surface area contributed by atoms with Gasteiger partial charge in [-0.05, 0) is 68.8 Å². The third kappa shape index (κ3) is 9.31. The van der Waals surface area contributed by atoms with Gasteiger partial charge in [0.05, 0.1) is 17.4 Å². The fourth-order valence-corrected chi connectivity index (χ4v) is 4.47. The molecule has 3 rings (SSSR count). The summed E-state index contributed by atoms with van der Waals surface area (Å²) in [6.45, 7) is 7.43. The number of ether oxygens (including phenoxy) is 2. The first kappa shape index (κ1) is 33.6. The lowest BCUT2D eigenvalue weighted by molar-refractivity contribution is -0.120. The Balaban J connectivity index is 2.16. The molecule has 0 spiro atoms. The second-order valence-corrected chi connectivity index (χ2v) is 11.9. The lowest BCUT2D eigenvalue weighted by atomic mass is 9.76. The van der Waals surface area contributed by atoms with Crippen LogP contribution in [0.5, 0.6) is 5.75 Å². The normalized spacial score (nSPS) is 12.4. The van der Waals surface area contributed by atoms with E-state index in [2.05, 4.69) is 5.32 Å². The Labute approximate surface area is 256 Å². The number of Topliss-reactive ketones (excluding diaryl/α,β-unsaturated/α-hetero) is 1. The third-order valence-electron chi connectivity index (χ3n) is 6.26. The predicted molar refractivity (Wildman–Crippen MR) is 170 cm³/mol. The summed E-state index contributed by atoms with van der Waals surface area (Å²) in [5.41, 5.74) is -1.51. The van der Waals surface area contributed by atoms with Crippen molar-refractivity contribution in [3.8, 4) is 16.9 Å². The zero-order valence-corrected chi connectivity index (χ0v) is 25.8. The average molecular weight is 609 g/mol. The maximum Gasteiger partial charge on any atom is 0.335 e. The number of benzene rings is 2. The summed E-state index contributed by atoms with van der Waals surface area (Å²) in [7, 11) is 2.81. The van der Waals surface area contributed by atoms with E-state index in [0.717, 1.165) is 0 Å². The summed E-state index contributed by atoms with van der Waals surface area (Å²) < 4.78 is 12.9. The van der Waals surface area contributed by atoms with Gasteiger partial charge >= 0.3 is 5.97 Å². The van der Waals surface area contributed by atoms with E-state index in [1.165, 1.54) is 56.8 Å². The molecule has 1 aromatic heterocycles. The van der Waals surface area contributed by atoms with Crippen LogP contribution in [-0.2, 0) is 9.53 Å². The SMILES string of the molecule is BC(B)(O)Oc1cn(C(CCOC(C)(C)C)C(=O)Nc2ccc(C(=O)O)cc2)c(=O)cc1-c1cc(Cl)ccc1C(=O)CC. The highest BCUT2D eigenvalue weighted by molar-refractivity contribution is 6.37. The number of carboxylic acid groups (broad SMARTS) is 1. The van der Waals surface area contributed by atoms with E-state index >= 15 is 0 Å². The number of amides is 1. The molecule has 2 aromatic carbocycles. The van der Waals surface area contributed by atoms with Crippen molar-refractivity contribution in [2.45, 2.75) is 57.8 Å². The van der Waals surface area contributed by atoms with Crippen molar-refractivity contribution in [1.29, 1.82) is 0 Å². The number of anilines is 1. The van der Waals surface area contributed by atoms with Crippen LogP contribution in [0.15, 0.2) is 59.5 Å². The number of aromatic nitrogens is 1. The first-order valence-corrected chi connectivity index (χ1v) is 14.2. The Hall–Kier alpha value is -3.86. The van der Waals surface area contributed by atoms with E-state index in [1.54, 1.807) is 25.1 Å². The summed E-state index contributed by atoms with van der Waals surface area (Å²) in [4.78, 5) is 51.3. The first-order valence-electron chi connectivity index (χ1n) is 13.8. The van der Waals surface area contributed by atoms with E-state index in [4.69, 9.17) is 21.1 Å². The average Bonchev–Trinajstić information content (AvgIpc) is 2.90. The number of rotatable bonds is 12. The molecule has 0 saturated heterocycles. The maximum absolute atomic E-state index is 13.7. The first-order chi connectivity index (χ1) is 20.0. The number of halogens is 1. The fraction of sp³-hybridized carbons (Fsp3) is 0.333. The Morgan fingerprint density at radius 3 is 2.26 bits per heavy atom. The smallest absolute Gasteiger partial charge is 0.335 e. The van der Waals surface area contributed by atoms with Gasteiger partial charge in [-0.1, -0.05) is 18.5 Å². The van der Waals surface area contributed by atoms with Gasteiger partial charge < -0.3 is 25.0 Å². The molecule has 0 bridgehead atoms. The van der Waals surface area contributed by atoms with Crippen molar-refractivity contribution in [3.63, 3.8) is 0 Å². The Morgan fingerprint density at radius 2 is 1.70 bits per heavy atom. The van der Waals surface area contributed by atoms with E-state index in [-0.39, 0.29) is 42.1 Å². The van der Waals surface area contributed by atoms with Gasteiger partial charge in [0.2, 0.25) is 5.91 Å². The maximum atomic E-state index is 13.7. The van der Waals surface area contributed by atoms with Crippen molar-refractivity contribution in [3.05, 3.63) is 81.2 Å². The minimum absolute atomic E-state index is 0.0415. The monoisotopic (exact) mass is 608 g/mol. The van der Waals surface area contributed by atoms with Gasteiger partial charge in [0.25, 0.3) is 5.56 Å². The molecule has 3 aromatic rings. The van der Waals surface area contributed by atoms with Gasteiger partial charge in [-0.3, -0.25) is 19.0 Å². The predicted octanol–water partition coefficient (Wildman–Crippen LogP) is 3.09. The molecule has 1 unspecified atom stereocenters. The molecule has 0 aliphatic rings. The molecule has 43 heavy (non-hydrogen) atoms. The van der Waals surface area contributed by atoms with Crippen LogP contribution >= 0.6 is 11.6 Å². The van der Waals surface area contributed by atoms with Crippen LogP contribution in [0.1, 0.15) is 67.3 Å². The number of nitrogens with zero attached hydrogens (tertiary/aromatic N) is 1. The van der Waals surface area contributed by atoms with Crippen LogP contribution in [0.2, 0.25) is 5.02 Å². The number of aromatic carboxylic acids is 1. The number of ketones is 1. The molecule has 1 atom stereocenters. The van der Waals surface area contributed by atoms with Crippen LogP contribution in [0.25, 0.3) is 11.1 Å². The summed E-state index contributed by atoms with van der Waals surface area (Å²) in [6, 6.07) is 10.4. The molecule has 3 N–H and O–H groups in total. The second-order valence-electron chi connectivity index (χ2n) is 11.4. The summed E-state index contributed by atoms with van der Waals surface area (Å²) >= 11 is 6.28. The van der Waals surface area contributed by atoms with E-state index in [9.17, 15) is 29.4 Å².